The van der Waals surface area contributed by atoms with Crippen LogP contribution < -0.4 is 15.2 Å². The first-order chi connectivity index (χ1) is 11.3. The Morgan fingerprint density at radius 3 is 2.50 bits per heavy atom. The summed E-state index contributed by atoms with van der Waals surface area (Å²) in [7, 11) is 0. The summed E-state index contributed by atoms with van der Waals surface area (Å²) in [6.45, 7) is 4.08. The standard InChI is InChI=1S/C19H22N2O2.ClH/c20-17-13-21(12-16(17)15-4-2-1-3-5-15)11-14-6-7-18-19(10-14)23-9-8-22-18;/h1-7,10,16-17H,8-9,11-13,20H2;1H/t16-,17+;/m0./s1. The van der Waals surface area contributed by atoms with Gasteiger partial charge in [-0.15, -0.1) is 12.4 Å². The van der Waals surface area contributed by atoms with Gasteiger partial charge in [0.25, 0.3) is 0 Å². The van der Waals surface area contributed by atoms with Gasteiger partial charge in [0.2, 0.25) is 0 Å². The van der Waals surface area contributed by atoms with Gasteiger partial charge in [0.1, 0.15) is 13.2 Å². The second kappa shape index (κ2) is 7.43. The molecule has 0 aliphatic carbocycles. The summed E-state index contributed by atoms with van der Waals surface area (Å²) >= 11 is 0. The molecule has 24 heavy (non-hydrogen) atoms. The number of rotatable bonds is 3. The van der Waals surface area contributed by atoms with Gasteiger partial charge >= 0.3 is 0 Å². The molecule has 1 saturated heterocycles. The second-order valence-electron chi connectivity index (χ2n) is 6.35. The third-order valence-electron chi connectivity index (χ3n) is 4.68. The molecule has 0 radical (unpaired) electrons. The summed E-state index contributed by atoms with van der Waals surface area (Å²) in [5.74, 6) is 2.12. The number of likely N-dealkylation sites (tertiary alicyclic amines) is 1. The van der Waals surface area contributed by atoms with E-state index < -0.39 is 0 Å². The van der Waals surface area contributed by atoms with Crippen LogP contribution in [0.4, 0.5) is 0 Å². The topological polar surface area (TPSA) is 47.7 Å². The van der Waals surface area contributed by atoms with Crippen LogP contribution in [0.2, 0.25) is 0 Å². The largest absolute Gasteiger partial charge is 0.486 e. The molecule has 1 fully saturated rings. The monoisotopic (exact) mass is 346 g/mol. The number of nitrogens with zero attached hydrogens (tertiary/aromatic N) is 1. The average Bonchev–Trinajstić information content (AvgIpc) is 2.96. The number of hydrogen-bond acceptors (Lipinski definition) is 4. The number of benzene rings is 2. The average molecular weight is 347 g/mol. The highest BCUT2D eigenvalue weighted by atomic mass is 35.5. The first-order valence-electron chi connectivity index (χ1n) is 8.21. The predicted molar refractivity (Wildman–Crippen MR) is 97.1 cm³/mol. The molecule has 2 aromatic rings. The molecule has 4 nitrogen and oxygen atoms in total. The van der Waals surface area contributed by atoms with Crippen LogP contribution in [0.3, 0.4) is 0 Å². The molecule has 0 amide bonds. The minimum Gasteiger partial charge on any atom is -0.486 e. The van der Waals surface area contributed by atoms with E-state index in [1.807, 2.05) is 6.07 Å². The van der Waals surface area contributed by atoms with Crippen molar-refractivity contribution in [2.45, 2.75) is 18.5 Å². The summed E-state index contributed by atoms with van der Waals surface area (Å²) in [6.07, 6.45) is 0. The molecule has 2 atom stereocenters. The quantitative estimate of drug-likeness (QED) is 0.928. The van der Waals surface area contributed by atoms with Gasteiger partial charge in [-0.05, 0) is 23.3 Å². The van der Waals surface area contributed by atoms with Crippen LogP contribution in [0.1, 0.15) is 17.0 Å². The highest BCUT2D eigenvalue weighted by molar-refractivity contribution is 5.85. The van der Waals surface area contributed by atoms with Crippen molar-refractivity contribution in [3.05, 3.63) is 59.7 Å². The third-order valence-corrected chi connectivity index (χ3v) is 4.68. The maximum atomic E-state index is 6.38. The zero-order valence-corrected chi connectivity index (χ0v) is 14.4. The molecule has 2 aliphatic heterocycles. The molecule has 0 bridgehead atoms. The van der Waals surface area contributed by atoms with Crippen molar-refractivity contribution in [2.75, 3.05) is 26.3 Å². The second-order valence-corrected chi connectivity index (χ2v) is 6.35. The highest BCUT2D eigenvalue weighted by Crippen LogP contribution is 2.32. The Kier molecular flexibility index (Phi) is 5.29. The predicted octanol–water partition coefficient (Wildman–Crippen LogP) is 2.81. The van der Waals surface area contributed by atoms with Gasteiger partial charge in [-0.25, -0.2) is 0 Å². The number of hydrogen-bond donors (Lipinski definition) is 1. The zero-order chi connectivity index (χ0) is 15.6. The minimum absolute atomic E-state index is 0. The van der Waals surface area contributed by atoms with Crippen molar-refractivity contribution in [1.82, 2.24) is 4.90 Å². The molecule has 5 heteroatoms. The summed E-state index contributed by atoms with van der Waals surface area (Å²) in [6, 6.07) is 17.0. The maximum Gasteiger partial charge on any atom is 0.161 e. The lowest BCUT2D eigenvalue weighted by Crippen LogP contribution is -2.28. The highest BCUT2D eigenvalue weighted by Gasteiger charge is 2.31. The van der Waals surface area contributed by atoms with E-state index in [2.05, 4.69) is 47.4 Å². The molecule has 2 aromatic carbocycles. The Bertz CT molecular complexity index is 680. The van der Waals surface area contributed by atoms with E-state index in [4.69, 9.17) is 15.2 Å². The van der Waals surface area contributed by atoms with E-state index in [1.165, 1.54) is 11.1 Å². The lowest BCUT2D eigenvalue weighted by atomic mass is 9.95. The van der Waals surface area contributed by atoms with Crippen molar-refractivity contribution in [1.29, 1.82) is 0 Å². The number of nitrogens with two attached hydrogens (primary N) is 1. The van der Waals surface area contributed by atoms with E-state index in [9.17, 15) is 0 Å². The van der Waals surface area contributed by atoms with Crippen molar-refractivity contribution in [2.24, 2.45) is 5.73 Å². The Hall–Kier alpha value is -1.75. The van der Waals surface area contributed by atoms with E-state index in [-0.39, 0.29) is 18.4 Å². The number of ether oxygens (including phenoxy) is 2. The smallest absolute Gasteiger partial charge is 0.161 e. The van der Waals surface area contributed by atoms with E-state index in [1.54, 1.807) is 0 Å². The van der Waals surface area contributed by atoms with Gasteiger partial charge in [-0.2, -0.15) is 0 Å². The molecule has 0 aromatic heterocycles. The van der Waals surface area contributed by atoms with Crippen molar-refractivity contribution in [3.8, 4) is 11.5 Å². The molecule has 128 valence electrons. The van der Waals surface area contributed by atoms with E-state index in [0.29, 0.717) is 19.1 Å². The Labute approximate surface area is 149 Å². The summed E-state index contributed by atoms with van der Waals surface area (Å²) in [5.41, 5.74) is 8.96. The molecular weight excluding hydrogens is 324 g/mol. The van der Waals surface area contributed by atoms with Crippen LogP contribution >= 0.6 is 12.4 Å². The van der Waals surface area contributed by atoms with Crippen LogP contribution in [-0.4, -0.2) is 37.2 Å². The minimum atomic E-state index is 0. The van der Waals surface area contributed by atoms with Gasteiger partial charge in [-0.1, -0.05) is 36.4 Å². The number of fused-ring (bicyclic) bond motifs is 1. The molecule has 2 aliphatic rings. The molecule has 4 rings (SSSR count). The Morgan fingerprint density at radius 1 is 0.958 bits per heavy atom. The molecule has 0 saturated carbocycles. The first-order valence-corrected chi connectivity index (χ1v) is 8.21. The third kappa shape index (κ3) is 3.51. The van der Waals surface area contributed by atoms with Crippen molar-refractivity contribution in [3.63, 3.8) is 0 Å². The summed E-state index contributed by atoms with van der Waals surface area (Å²) < 4.78 is 11.3. The van der Waals surface area contributed by atoms with Gasteiger partial charge in [-0.3, -0.25) is 4.90 Å². The fraction of sp³-hybridized carbons (Fsp3) is 0.368. The van der Waals surface area contributed by atoms with Gasteiger partial charge in [0.05, 0.1) is 0 Å². The normalized spacial score (nSPS) is 22.9. The molecule has 2 heterocycles. The summed E-state index contributed by atoms with van der Waals surface area (Å²) in [5, 5.41) is 0. The van der Waals surface area contributed by atoms with Crippen molar-refractivity contribution < 1.29 is 9.47 Å². The fourth-order valence-corrected chi connectivity index (χ4v) is 3.54. The van der Waals surface area contributed by atoms with Gasteiger partial charge in [0, 0.05) is 31.6 Å². The molecule has 0 spiro atoms. The van der Waals surface area contributed by atoms with E-state index in [0.717, 1.165) is 31.1 Å². The van der Waals surface area contributed by atoms with Crippen molar-refractivity contribution >= 4 is 12.4 Å². The first kappa shape index (κ1) is 17.1. The lowest BCUT2D eigenvalue weighted by molar-refractivity contribution is 0.171. The fourth-order valence-electron chi connectivity index (χ4n) is 3.54. The zero-order valence-electron chi connectivity index (χ0n) is 13.6. The SMILES string of the molecule is Cl.N[C@@H]1CN(Cc2ccc3c(c2)OCCO3)C[C@H]1c1ccccc1. The van der Waals surface area contributed by atoms with Crippen LogP contribution in [0.25, 0.3) is 0 Å². The van der Waals surface area contributed by atoms with E-state index >= 15 is 0 Å². The molecule has 0 unspecified atom stereocenters. The summed E-state index contributed by atoms with van der Waals surface area (Å²) in [4.78, 5) is 2.42. The Morgan fingerprint density at radius 2 is 1.71 bits per heavy atom. The van der Waals surface area contributed by atoms with Gasteiger partial charge in [0.15, 0.2) is 11.5 Å². The molecular formula is C19H23ClN2O2. The molecule has 2 N–H and O–H groups in total. The Balaban J connectivity index is 0.00000169. The van der Waals surface area contributed by atoms with Crippen LogP contribution in [0, 0.1) is 0 Å². The van der Waals surface area contributed by atoms with Crippen LogP contribution in [-0.2, 0) is 6.54 Å². The number of halogens is 1. The maximum absolute atomic E-state index is 6.38. The van der Waals surface area contributed by atoms with Crippen LogP contribution in [0.15, 0.2) is 48.5 Å². The van der Waals surface area contributed by atoms with Gasteiger partial charge < -0.3 is 15.2 Å². The van der Waals surface area contributed by atoms with Crippen LogP contribution in [0.5, 0.6) is 11.5 Å². The lowest BCUT2D eigenvalue weighted by Gasteiger charge is -2.21.